The van der Waals surface area contributed by atoms with Gasteiger partial charge in [-0.25, -0.2) is 0 Å². The Morgan fingerprint density at radius 3 is 0.962 bits per heavy atom. The molecule has 11 aromatic carbocycles. The van der Waals surface area contributed by atoms with E-state index < -0.39 is 0 Å². The number of anilines is 24. The normalized spacial score (nSPS) is 15.5. The summed E-state index contributed by atoms with van der Waals surface area (Å²) >= 11 is -0.212. The molecule has 9 aliphatic rings. The van der Waals surface area contributed by atoms with E-state index >= 15 is 0 Å². The van der Waals surface area contributed by atoms with Gasteiger partial charge in [0.2, 0.25) is 0 Å². The van der Waals surface area contributed by atoms with Crippen molar-refractivity contribution in [2.45, 2.75) is 157 Å². The third-order valence-electron chi connectivity index (χ3n) is 24.2. The molecule has 9 aliphatic heterocycles. The fourth-order valence-electron chi connectivity index (χ4n) is 19.7. The van der Waals surface area contributed by atoms with Gasteiger partial charge in [-0.1, -0.05) is 0 Å². The Labute approximate surface area is 626 Å². The van der Waals surface area contributed by atoms with Crippen molar-refractivity contribution in [3.05, 3.63) is 240 Å². The zero-order valence-electron chi connectivity index (χ0n) is 63.8. The molecule has 21 rings (SSSR count). The van der Waals surface area contributed by atoms with E-state index in [2.05, 4.69) is 370 Å². The van der Waals surface area contributed by atoms with Gasteiger partial charge in [-0.05, 0) is 0 Å². The van der Waals surface area contributed by atoms with Gasteiger partial charge in [0.25, 0.3) is 0 Å². The van der Waals surface area contributed by atoms with Crippen molar-refractivity contribution in [3.63, 3.8) is 0 Å². The van der Waals surface area contributed by atoms with Crippen LogP contribution in [0.15, 0.2) is 206 Å². The van der Waals surface area contributed by atoms with Crippen LogP contribution in [0.1, 0.15) is 158 Å². The van der Waals surface area contributed by atoms with Crippen LogP contribution in [0.3, 0.4) is 0 Å². The predicted molar refractivity (Wildman–Crippen MR) is 450 cm³/mol. The van der Waals surface area contributed by atoms with Crippen LogP contribution < -0.4 is 69.7 Å². The molecule has 12 aromatic rings. The third-order valence-corrected chi connectivity index (χ3v) is 26.9. The maximum absolute atomic E-state index is 2.85. The summed E-state index contributed by atoms with van der Waals surface area (Å²) in [6, 6.07) is 80.7. The van der Waals surface area contributed by atoms with E-state index in [4.69, 9.17) is 0 Å². The Bertz CT molecular complexity index is 5860. The summed E-state index contributed by atoms with van der Waals surface area (Å²) in [5.41, 5.74) is 42.2. The van der Waals surface area contributed by atoms with Crippen molar-refractivity contribution in [2.75, 3.05) is 39.2 Å². The Kier molecular flexibility index (Phi) is 12.4. The zero-order chi connectivity index (χ0) is 72.3. The van der Waals surface area contributed by atoms with Gasteiger partial charge in [0.05, 0.1) is 0 Å². The summed E-state index contributed by atoms with van der Waals surface area (Å²) in [7, 11) is 0. The van der Waals surface area contributed by atoms with Gasteiger partial charge >= 0.3 is 631 Å². The van der Waals surface area contributed by atoms with E-state index in [1.165, 1.54) is 189 Å². The molecule has 0 N–H and O–H groups in total. The average Bonchev–Trinajstić information content (AvgIpc) is 1.63. The quantitative estimate of drug-likeness (QED) is 0.161. The van der Waals surface area contributed by atoms with E-state index in [1.807, 2.05) is 0 Å². The van der Waals surface area contributed by atoms with Gasteiger partial charge in [0.15, 0.2) is 0 Å². The third kappa shape index (κ3) is 8.16. The van der Waals surface area contributed by atoms with Gasteiger partial charge in [-0.3, -0.25) is 0 Å². The molecule has 0 saturated carbocycles. The number of fused-ring (bicyclic) bond motifs is 9. The fraction of sp³-hybridized carbons (Fsp3) is 0.255. The molecule has 0 fully saturated rings. The Balaban J connectivity index is 0.928. The first-order chi connectivity index (χ1) is 50.0. The molecule has 105 heavy (non-hydrogen) atoms. The van der Waals surface area contributed by atoms with Crippen LogP contribution in [0.4, 0.5) is 136 Å². The monoisotopic (exact) mass is 1430 g/mol. The minimum absolute atomic E-state index is 0.0979. The van der Waals surface area contributed by atoms with Crippen molar-refractivity contribution in [3.8, 4) is 0 Å². The molecule has 0 spiro atoms. The molecule has 11 heteroatoms. The van der Waals surface area contributed by atoms with Crippen molar-refractivity contribution in [1.29, 1.82) is 0 Å². The standard InChI is InChI=1S/C94H88B2N8Se/c1-89(2,3)53-49-64-79-71(50-53)99(56-37-27-21-28-38-56)77-61(93(13,14)15)51-59(91(7,8)9)75-83(77)103(79)81-69(97(75)54-33-23-19-24-34-54)47-46-68-73(81)96(64)88-86-85-87(105-88)95-63-44-43-58(90(4,5)6)74-80(63)104-82-70(48-45-67(72(82)95)101(85)65-41-31-32-42-66(65)102(68)86)98(55-35-25-20-26-36-55)76-60(92(10,11)12)52-62(94(16,17)18)78(84(76)104)100(74)57-39-29-22-30-40-57/h19-52H,1-18H3. The van der Waals surface area contributed by atoms with Crippen LogP contribution >= 0.6 is 0 Å². The number of para-hydroxylation sites is 6. The molecule has 0 aliphatic carbocycles. The van der Waals surface area contributed by atoms with Crippen LogP contribution in [0.25, 0.3) is 0 Å². The van der Waals surface area contributed by atoms with Gasteiger partial charge in [0.1, 0.15) is 0 Å². The van der Waals surface area contributed by atoms with E-state index in [0.717, 1.165) is 11.4 Å². The second-order valence-corrected chi connectivity index (χ2v) is 39.3. The molecule has 516 valence electrons. The van der Waals surface area contributed by atoms with E-state index in [9.17, 15) is 0 Å². The first kappa shape index (κ1) is 63.4. The number of hydrogen-bond donors (Lipinski definition) is 0. The maximum atomic E-state index is 2.85. The summed E-state index contributed by atoms with van der Waals surface area (Å²) in [6.45, 7) is 43.6. The molecule has 0 bridgehead atoms. The van der Waals surface area contributed by atoms with Crippen molar-refractivity contribution < 1.29 is 0 Å². The van der Waals surface area contributed by atoms with Crippen LogP contribution in [0.2, 0.25) is 0 Å². The van der Waals surface area contributed by atoms with Crippen molar-refractivity contribution in [2.24, 2.45) is 0 Å². The van der Waals surface area contributed by atoms with Crippen LogP contribution in [-0.2, 0) is 32.5 Å². The Morgan fingerprint density at radius 1 is 0.219 bits per heavy atom. The average molecular weight is 1430 g/mol. The van der Waals surface area contributed by atoms with Crippen LogP contribution in [0.5, 0.6) is 0 Å². The number of rotatable bonds is 4. The van der Waals surface area contributed by atoms with Crippen LogP contribution in [-0.4, -0.2) is 27.9 Å². The van der Waals surface area contributed by atoms with Gasteiger partial charge in [-0.15, -0.1) is 0 Å². The first-order valence-corrected chi connectivity index (χ1v) is 39.7. The molecule has 10 heterocycles. The molecule has 0 amide bonds. The first-order valence-electron chi connectivity index (χ1n) is 38.0. The molecule has 1 aromatic heterocycles. The summed E-state index contributed by atoms with van der Waals surface area (Å²) in [6.07, 6.45) is 0. The number of benzene rings is 11. The molecule has 0 radical (unpaired) electrons. The topological polar surface area (TPSA) is 25.9 Å². The fourth-order valence-corrected chi connectivity index (χ4v) is 22.9. The summed E-state index contributed by atoms with van der Waals surface area (Å²) in [5, 5.41) is 0. The second-order valence-electron chi connectivity index (χ2n) is 37.0. The second kappa shape index (κ2) is 20.5. The summed E-state index contributed by atoms with van der Waals surface area (Å²) < 4.78 is 3.07. The van der Waals surface area contributed by atoms with E-state index in [-0.39, 0.29) is 60.4 Å². The zero-order valence-corrected chi connectivity index (χ0v) is 65.5. The predicted octanol–water partition coefficient (Wildman–Crippen LogP) is 22.1. The van der Waals surface area contributed by atoms with Gasteiger partial charge in [0, 0.05) is 0 Å². The molecule has 0 unspecified atom stereocenters. The van der Waals surface area contributed by atoms with Gasteiger partial charge < -0.3 is 0 Å². The van der Waals surface area contributed by atoms with Gasteiger partial charge in [-0.2, -0.15) is 0 Å². The molecule has 8 nitrogen and oxygen atoms in total. The molecular weight excluding hydrogens is 1340 g/mol. The van der Waals surface area contributed by atoms with Crippen molar-refractivity contribution in [1.82, 2.24) is 0 Å². The number of hydrogen-bond acceptors (Lipinski definition) is 8. The van der Waals surface area contributed by atoms with E-state index in [1.54, 1.807) is 0 Å². The van der Waals surface area contributed by atoms with Crippen molar-refractivity contribution >= 4 is 195 Å². The molecule has 0 atom stereocenters. The summed E-state index contributed by atoms with van der Waals surface area (Å²) in [5.74, 6) is 0. The summed E-state index contributed by atoms with van der Waals surface area (Å²) in [4.78, 5) is 22.1. The SMILES string of the molecule is CC(C)(C)c1cc2c3c(c1)N(c1ccccc1)c1c(C(C)(C)C)cc(C(C)(C)C)c4c1N3c1c(ccc3c1B2c1[se]c2c5c1N3c1ccccc1N5c1ccc3c5c1B2c1ccc(C(C)(C)C)c2c1N5c1c(c(C(C)(C)C)cc(C(C)(C)C)c1N2c1ccccc1)N3c1ccccc1)N4c1ccccc1. The van der Waals surface area contributed by atoms with Crippen LogP contribution in [0, 0.1) is 0 Å². The minimum atomic E-state index is -0.254. The molecular formula is C94H88B2N8Se. The van der Waals surface area contributed by atoms with E-state index in [0.29, 0.717) is 0 Å². The Hall–Kier alpha value is -10.1. The Morgan fingerprint density at radius 2 is 0.562 bits per heavy atom. The molecule has 0 saturated heterocycles. The number of nitrogens with zero attached hydrogens (tertiary/aromatic N) is 8.